The Labute approximate surface area is 125 Å². The fourth-order valence-electron chi connectivity index (χ4n) is 1.80. The second kappa shape index (κ2) is 6.11. The summed E-state index contributed by atoms with van der Waals surface area (Å²) in [5, 5.41) is 3.80. The highest BCUT2D eigenvalue weighted by atomic mass is 35.5. The summed E-state index contributed by atoms with van der Waals surface area (Å²) in [5.74, 6) is -0.338. The van der Waals surface area contributed by atoms with E-state index in [0.717, 1.165) is 5.56 Å². The van der Waals surface area contributed by atoms with Crippen LogP contribution in [0.15, 0.2) is 41.3 Å². The van der Waals surface area contributed by atoms with Gasteiger partial charge in [0.05, 0.1) is 6.04 Å². The SMILES string of the molecule is CC(NC(=O)c1cc[nH]c(=O)c1)c1ccc(Cl)cc1Cl. The van der Waals surface area contributed by atoms with Gasteiger partial charge in [-0.3, -0.25) is 9.59 Å². The van der Waals surface area contributed by atoms with Gasteiger partial charge in [0, 0.05) is 27.9 Å². The predicted molar refractivity (Wildman–Crippen MR) is 79.4 cm³/mol. The number of halogens is 2. The van der Waals surface area contributed by atoms with Crippen LogP contribution in [-0.4, -0.2) is 10.9 Å². The quantitative estimate of drug-likeness (QED) is 0.914. The molecule has 0 aliphatic heterocycles. The summed E-state index contributed by atoms with van der Waals surface area (Å²) in [6.07, 6.45) is 1.43. The van der Waals surface area contributed by atoms with Crippen molar-refractivity contribution in [3.8, 4) is 0 Å². The average Bonchev–Trinajstić information content (AvgIpc) is 2.38. The molecule has 0 aliphatic carbocycles. The van der Waals surface area contributed by atoms with Crippen molar-refractivity contribution in [3.05, 3.63) is 68.1 Å². The molecule has 20 heavy (non-hydrogen) atoms. The van der Waals surface area contributed by atoms with E-state index in [4.69, 9.17) is 23.2 Å². The van der Waals surface area contributed by atoms with Crippen LogP contribution in [0, 0.1) is 0 Å². The van der Waals surface area contributed by atoms with Crippen molar-refractivity contribution in [1.82, 2.24) is 10.3 Å². The standard InChI is InChI=1S/C14H12Cl2N2O2/c1-8(11-3-2-10(15)7-12(11)16)18-14(20)9-4-5-17-13(19)6-9/h2-8H,1H3,(H,17,19)(H,18,20). The van der Waals surface area contributed by atoms with E-state index in [1.807, 2.05) is 0 Å². The van der Waals surface area contributed by atoms with E-state index in [9.17, 15) is 9.59 Å². The smallest absolute Gasteiger partial charge is 0.252 e. The molecule has 1 aromatic carbocycles. The van der Waals surface area contributed by atoms with Gasteiger partial charge >= 0.3 is 0 Å². The zero-order valence-corrected chi connectivity index (χ0v) is 12.1. The van der Waals surface area contributed by atoms with E-state index in [1.54, 1.807) is 25.1 Å². The molecule has 1 amide bonds. The molecule has 2 rings (SSSR count). The van der Waals surface area contributed by atoms with Crippen LogP contribution in [0.2, 0.25) is 10.0 Å². The fraction of sp³-hybridized carbons (Fsp3) is 0.143. The van der Waals surface area contributed by atoms with Gasteiger partial charge in [-0.15, -0.1) is 0 Å². The van der Waals surface area contributed by atoms with Gasteiger partial charge in [-0.2, -0.15) is 0 Å². The third kappa shape index (κ3) is 3.40. The Morgan fingerprint density at radius 3 is 2.65 bits per heavy atom. The maximum atomic E-state index is 12.0. The highest BCUT2D eigenvalue weighted by Crippen LogP contribution is 2.26. The lowest BCUT2D eigenvalue weighted by Crippen LogP contribution is -2.27. The lowest BCUT2D eigenvalue weighted by molar-refractivity contribution is 0.0939. The van der Waals surface area contributed by atoms with E-state index in [2.05, 4.69) is 10.3 Å². The summed E-state index contributed by atoms with van der Waals surface area (Å²) in [4.78, 5) is 25.7. The van der Waals surface area contributed by atoms with Crippen LogP contribution in [0.1, 0.15) is 28.9 Å². The molecule has 0 aliphatic rings. The van der Waals surface area contributed by atoms with Gasteiger partial charge in [0.1, 0.15) is 0 Å². The van der Waals surface area contributed by atoms with Gasteiger partial charge in [0.25, 0.3) is 5.91 Å². The lowest BCUT2D eigenvalue weighted by Gasteiger charge is -2.16. The first kappa shape index (κ1) is 14.6. The van der Waals surface area contributed by atoms with Crippen molar-refractivity contribution in [2.75, 3.05) is 0 Å². The minimum Gasteiger partial charge on any atom is -0.345 e. The molecule has 0 spiro atoms. The predicted octanol–water partition coefficient (Wildman–Crippen LogP) is 3.17. The first-order valence-electron chi connectivity index (χ1n) is 5.92. The minimum absolute atomic E-state index is 0.297. The van der Waals surface area contributed by atoms with E-state index < -0.39 is 0 Å². The number of carbonyl (C=O) groups is 1. The van der Waals surface area contributed by atoms with Crippen molar-refractivity contribution in [1.29, 1.82) is 0 Å². The van der Waals surface area contributed by atoms with Gasteiger partial charge in [0.2, 0.25) is 5.56 Å². The molecule has 4 nitrogen and oxygen atoms in total. The average molecular weight is 311 g/mol. The van der Waals surface area contributed by atoms with Crippen molar-refractivity contribution >= 4 is 29.1 Å². The molecule has 104 valence electrons. The van der Waals surface area contributed by atoms with Crippen LogP contribution >= 0.6 is 23.2 Å². The second-order valence-corrected chi connectivity index (χ2v) is 5.15. The number of carbonyl (C=O) groups excluding carboxylic acids is 1. The molecule has 1 aromatic heterocycles. The number of hydrogen-bond donors (Lipinski definition) is 2. The number of aromatic amines is 1. The summed E-state index contributed by atoms with van der Waals surface area (Å²) in [5.41, 5.74) is 0.731. The summed E-state index contributed by atoms with van der Waals surface area (Å²) < 4.78 is 0. The molecule has 1 atom stereocenters. The van der Waals surface area contributed by atoms with Crippen LogP contribution in [-0.2, 0) is 0 Å². The Morgan fingerprint density at radius 1 is 1.25 bits per heavy atom. The molecular formula is C14H12Cl2N2O2. The molecule has 1 unspecified atom stereocenters. The largest absolute Gasteiger partial charge is 0.345 e. The Balaban J connectivity index is 2.17. The number of aromatic nitrogens is 1. The van der Waals surface area contributed by atoms with E-state index >= 15 is 0 Å². The zero-order chi connectivity index (χ0) is 14.7. The van der Waals surface area contributed by atoms with Crippen LogP contribution < -0.4 is 10.9 Å². The van der Waals surface area contributed by atoms with Crippen LogP contribution in [0.4, 0.5) is 0 Å². The second-order valence-electron chi connectivity index (χ2n) is 4.30. The summed E-state index contributed by atoms with van der Waals surface area (Å²) in [6, 6.07) is 7.56. The third-order valence-corrected chi connectivity index (χ3v) is 3.38. The maximum absolute atomic E-state index is 12.0. The molecule has 1 heterocycles. The minimum atomic E-state index is -0.338. The molecule has 2 aromatic rings. The molecule has 0 fully saturated rings. The molecule has 0 saturated carbocycles. The lowest BCUT2D eigenvalue weighted by atomic mass is 10.1. The maximum Gasteiger partial charge on any atom is 0.252 e. The number of benzene rings is 1. The van der Waals surface area contributed by atoms with Gasteiger partial charge in [-0.05, 0) is 30.7 Å². The Kier molecular flexibility index (Phi) is 4.47. The number of pyridine rings is 1. The molecular weight excluding hydrogens is 299 g/mol. The van der Waals surface area contributed by atoms with Crippen molar-refractivity contribution < 1.29 is 4.79 Å². The number of hydrogen-bond acceptors (Lipinski definition) is 2. The Morgan fingerprint density at radius 2 is 2.00 bits per heavy atom. The fourth-order valence-corrected chi connectivity index (χ4v) is 2.37. The number of H-pyrrole nitrogens is 1. The summed E-state index contributed by atoms with van der Waals surface area (Å²) >= 11 is 11.9. The van der Waals surface area contributed by atoms with Gasteiger partial charge in [-0.25, -0.2) is 0 Å². The van der Waals surface area contributed by atoms with Crippen LogP contribution in [0.25, 0.3) is 0 Å². The monoisotopic (exact) mass is 310 g/mol. The topological polar surface area (TPSA) is 62.0 Å². The van der Waals surface area contributed by atoms with Gasteiger partial charge < -0.3 is 10.3 Å². The van der Waals surface area contributed by atoms with E-state index in [-0.39, 0.29) is 17.5 Å². The molecule has 2 N–H and O–H groups in total. The first-order chi connectivity index (χ1) is 9.47. The zero-order valence-electron chi connectivity index (χ0n) is 10.6. The molecule has 0 bridgehead atoms. The van der Waals surface area contributed by atoms with E-state index in [0.29, 0.717) is 15.6 Å². The van der Waals surface area contributed by atoms with Gasteiger partial charge in [-0.1, -0.05) is 29.3 Å². The van der Waals surface area contributed by atoms with Crippen LogP contribution in [0.3, 0.4) is 0 Å². The number of rotatable bonds is 3. The number of amides is 1. The van der Waals surface area contributed by atoms with Crippen LogP contribution in [0.5, 0.6) is 0 Å². The first-order valence-corrected chi connectivity index (χ1v) is 6.67. The molecule has 0 saturated heterocycles. The van der Waals surface area contributed by atoms with Crippen molar-refractivity contribution in [3.63, 3.8) is 0 Å². The van der Waals surface area contributed by atoms with Gasteiger partial charge in [0.15, 0.2) is 0 Å². The highest BCUT2D eigenvalue weighted by molar-refractivity contribution is 6.35. The van der Waals surface area contributed by atoms with Crippen molar-refractivity contribution in [2.45, 2.75) is 13.0 Å². The Hall–Kier alpha value is -1.78. The third-order valence-electron chi connectivity index (χ3n) is 2.81. The normalized spacial score (nSPS) is 11.9. The summed E-state index contributed by atoms with van der Waals surface area (Å²) in [7, 11) is 0. The molecule has 6 heteroatoms. The highest BCUT2D eigenvalue weighted by Gasteiger charge is 2.14. The van der Waals surface area contributed by atoms with E-state index in [1.165, 1.54) is 18.3 Å². The number of nitrogens with one attached hydrogen (secondary N) is 2. The summed E-state index contributed by atoms with van der Waals surface area (Å²) in [6.45, 7) is 1.81. The Bertz CT molecular complexity index is 698. The molecule has 0 radical (unpaired) electrons. The van der Waals surface area contributed by atoms with Crippen molar-refractivity contribution in [2.24, 2.45) is 0 Å².